The fourth-order valence-corrected chi connectivity index (χ4v) is 2.53. The minimum atomic E-state index is -0.420. The Kier molecular flexibility index (Phi) is 5.41. The standard InChI is InChI=1S/C16H23NO3/c1-2-12-6-5-7-13(10-12)20-11-16(19)17-14-8-3-4-9-15(14)18/h5-7,10,14-15,18H,2-4,8-9,11H2,1H3,(H,17,19)/t14-,15-/m0/s1. The third-order valence-corrected chi connectivity index (χ3v) is 3.75. The average Bonchev–Trinajstić information content (AvgIpc) is 2.48. The van der Waals surface area contributed by atoms with E-state index in [1.54, 1.807) is 0 Å². The van der Waals surface area contributed by atoms with Gasteiger partial charge in [-0.3, -0.25) is 4.79 Å². The van der Waals surface area contributed by atoms with Gasteiger partial charge in [-0.25, -0.2) is 0 Å². The third kappa shape index (κ3) is 4.23. The summed E-state index contributed by atoms with van der Waals surface area (Å²) in [6.45, 7) is 2.08. The number of rotatable bonds is 5. The van der Waals surface area contributed by atoms with Crippen LogP contribution in [0.25, 0.3) is 0 Å². The van der Waals surface area contributed by atoms with Crippen molar-refractivity contribution in [3.8, 4) is 5.75 Å². The predicted octanol–water partition coefficient (Wildman–Crippen LogP) is 2.05. The van der Waals surface area contributed by atoms with Crippen molar-refractivity contribution in [2.24, 2.45) is 0 Å². The molecule has 0 unspecified atom stereocenters. The molecule has 2 atom stereocenters. The number of carbonyl (C=O) groups is 1. The summed E-state index contributed by atoms with van der Waals surface area (Å²) in [6, 6.07) is 7.63. The lowest BCUT2D eigenvalue weighted by atomic mass is 9.92. The van der Waals surface area contributed by atoms with Crippen molar-refractivity contribution in [2.45, 2.75) is 51.2 Å². The molecule has 0 bridgehead atoms. The Balaban J connectivity index is 1.79. The van der Waals surface area contributed by atoms with Crippen LogP contribution in [-0.4, -0.2) is 29.8 Å². The maximum absolute atomic E-state index is 11.8. The van der Waals surface area contributed by atoms with Crippen LogP contribution >= 0.6 is 0 Å². The molecule has 0 aromatic heterocycles. The number of aliphatic hydroxyl groups excluding tert-OH is 1. The Morgan fingerprint density at radius 2 is 2.20 bits per heavy atom. The molecule has 4 nitrogen and oxygen atoms in total. The van der Waals surface area contributed by atoms with Crippen molar-refractivity contribution in [2.75, 3.05) is 6.61 Å². The Morgan fingerprint density at radius 1 is 1.40 bits per heavy atom. The summed E-state index contributed by atoms with van der Waals surface area (Å²) in [7, 11) is 0. The van der Waals surface area contributed by atoms with Crippen molar-refractivity contribution < 1.29 is 14.6 Å². The highest BCUT2D eigenvalue weighted by Crippen LogP contribution is 2.18. The molecule has 0 spiro atoms. The van der Waals surface area contributed by atoms with Gasteiger partial charge in [0.2, 0.25) is 0 Å². The molecule has 20 heavy (non-hydrogen) atoms. The van der Waals surface area contributed by atoms with Crippen LogP contribution in [0, 0.1) is 0 Å². The largest absolute Gasteiger partial charge is 0.484 e. The number of ether oxygens (including phenoxy) is 1. The number of aryl methyl sites for hydroxylation is 1. The van der Waals surface area contributed by atoms with Gasteiger partial charge in [0, 0.05) is 0 Å². The van der Waals surface area contributed by atoms with Crippen LogP contribution in [0.4, 0.5) is 0 Å². The topological polar surface area (TPSA) is 58.6 Å². The molecule has 0 aliphatic heterocycles. The van der Waals surface area contributed by atoms with E-state index in [2.05, 4.69) is 12.2 Å². The SMILES string of the molecule is CCc1cccc(OCC(=O)N[C@H]2CCCC[C@@H]2O)c1. The van der Waals surface area contributed by atoms with Crippen molar-refractivity contribution in [1.29, 1.82) is 0 Å². The lowest BCUT2D eigenvalue weighted by Crippen LogP contribution is -2.46. The van der Waals surface area contributed by atoms with Gasteiger partial charge in [0.05, 0.1) is 12.1 Å². The second-order valence-corrected chi connectivity index (χ2v) is 5.32. The van der Waals surface area contributed by atoms with Crippen LogP contribution in [0.2, 0.25) is 0 Å². The maximum Gasteiger partial charge on any atom is 0.258 e. The van der Waals surface area contributed by atoms with Gasteiger partial charge >= 0.3 is 0 Å². The van der Waals surface area contributed by atoms with E-state index in [0.717, 1.165) is 32.1 Å². The zero-order chi connectivity index (χ0) is 14.4. The zero-order valence-corrected chi connectivity index (χ0v) is 12.0. The summed E-state index contributed by atoms with van der Waals surface area (Å²) in [4.78, 5) is 11.8. The number of carbonyl (C=O) groups excluding carboxylic acids is 1. The highest BCUT2D eigenvalue weighted by Gasteiger charge is 2.24. The van der Waals surface area contributed by atoms with Gasteiger partial charge in [-0.1, -0.05) is 31.9 Å². The lowest BCUT2D eigenvalue weighted by Gasteiger charge is -2.28. The van der Waals surface area contributed by atoms with Crippen LogP contribution in [0.3, 0.4) is 0 Å². The molecule has 1 amide bonds. The van der Waals surface area contributed by atoms with Crippen LogP contribution in [0.15, 0.2) is 24.3 Å². The van der Waals surface area contributed by atoms with Crippen molar-refractivity contribution in [1.82, 2.24) is 5.32 Å². The van der Waals surface area contributed by atoms with E-state index in [1.165, 1.54) is 5.56 Å². The monoisotopic (exact) mass is 277 g/mol. The van der Waals surface area contributed by atoms with E-state index < -0.39 is 6.10 Å². The normalized spacial score (nSPS) is 22.3. The van der Waals surface area contributed by atoms with Gasteiger partial charge in [0.25, 0.3) is 5.91 Å². The first-order valence-electron chi connectivity index (χ1n) is 7.38. The Hall–Kier alpha value is -1.55. The molecule has 1 saturated carbocycles. The highest BCUT2D eigenvalue weighted by atomic mass is 16.5. The van der Waals surface area contributed by atoms with Crippen molar-refractivity contribution >= 4 is 5.91 Å². The Bertz CT molecular complexity index is 447. The van der Waals surface area contributed by atoms with Gasteiger partial charge < -0.3 is 15.2 Å². The molecule has 1 aliphatic carbocycles. The third-order valence-electron chi connectivity index (χ3n) is 3.75. The van der Waals surface area contributed by atoms with Crippen molar-refractivity contribution in [3.63, 3.8) is 0 Å². The summed E-state index contributed by atoms with van der Waals surface area (Å²) < 4.78 is 5.49. The molecule has 1 fully saturated rings. The molecular formula is C16H23NO3. The van der Waals surface area contributed by atoms with Gasteiger partial charge in [0.15, 0.2) is 6.61 Å². The van der Waals surface area contributed by atoms with Crippen molar-refractivity contribution in [3.05, 3.63) is 29.8 Å². The molecule has 0 heterocycles. The zero-order valence-electron chi connectivity index (χ0n) is 12.0. The molecule has 1 aromatic carbocycles. The maximum atomic E-state index is 11.8. The number of hydrogen-bond acceptors (Lipinski definition) is 3. The van der Waals surface area contributed by atoms with E-state index in [9.17, 15) is 9.90 Å². The number of hydrogen-bond donors (Lipinski definition) is 2. The van der Waals surface area contributed by atoms with Gasteiger partial charge in [-0.05, 0) is 37.0 Å². The molecule has 1 aromatic rings. The quantitative estimate of drug-likeness (QED) is 0.866. The molecule has 2 N–H and O–H groups in total. The number of aliphatic hydroxyl groups is 1. The second-order valence-electron chi connectivity index (χ2n) is 5.32. The van der Waals surface area contributed by atoms with Gasteiger partial charge in [-0.15, -0.1) is 0 Å². The van der Waals surface area contributed by atoms with Gasteiger partial charge in [0.1, 0.15) is 5.75 Å². The van der Waals surface area contributed by atoms with E-state index >= 15 is 0 Å². The summed E-state index contributed by atoms with van der Waals surface area (Å²) in [5.41, 5.74) is 1.19. The average molecular weight is 277 g/mol. The molecular weight excluding hydrogens is 254 g/mol. The van der Waals surface area contributed by atoms with E-state index in [1.807, 2.05) is 24.3 Å². The molecule has 2 rings (SSSR count). The lowest BCUT2D eigenvalue weighted by molar-refractivity contribution is -0.125. The van der Waals surface area contributed by atoms with E-state index in [-0.39, 0.29) is 18.6 Å². The van der Waals surface area contributed by atoms with Crippen LogP contribution in [0.1, 0.15) is 38.2 Å². The second kappa shape index (κ2) is 7.29. The van der Waals surface area contributed by atoms with Crippen LogP contribution < -0.4 is 10.1 Å². The van der Waals surface area contributed by atoms with E-state index in [0.29, 0.717) is 5.75 Å². The first kappa shape index (κ1) is 14.9. The number of amides is 1. The molecule has 1 aliphatic rings. The molecule has 110 valence electrons. The van der Waals surface area contributed by atoms with Crippen LogP contribution in [0.5, 0.6) is 5.75 Å². The molecule has 4 heteroatoms. The minimum absolute atomic E-state index is 0.00358. The first-order valence-corrected chi connectivity index (χ1v) is 7.38. The number of benzene rings is 1. The van der Waals surface area contributed by atoms with Crippen LogP contribution in [-0.2, 0) is 11.2 Å². The fraction of sp³-hybridized carbons (Fsp3) is 0.562. The molecule has 0 radical (unpaired) electrons. The Labute approximate surface area is 120 Å². The summed E-state index contributed by atoms with van der Waals surface area (Å²) in [5, 5.41) is 12.7. The van der Waals surface area contributed by atoms with Gasteiger partial charge in [-0.2, -0.15) is 0 Å². The summed E-state index contributed by atoms with van der Waals surface area (Å²) in [5.74, 6) is 0.543. The first-order chi connectivity index (χ1) is 9.69. The molecule has 0 saturated heterocycles. The summed E-state index contributed by atoms with van der Waals surface area (Å²) >= 11 is 0. The minimum Gasteiger partial charge on any atom is -0.484 e. The number of nitrogens with one attached hydrogen (secondary N) is 1. The van der Waals surface area contributed by atoms with E-state index in [4.69, 9.17) is 4.74 Å². The Morgan fingerprint density at radius 3 is 2.95 bits per heavy atom. The summed E-state index contributed by atoms with van der Waals surface area (Å²) in [6.07, 6.45) is 4.23. The highest BCUT2D eigenvalue weighted by molar-refractivity contribution is 5.77. The predicted molar refractivity (Wildman–Crippen MR) is 77.7 cm³/mol. The fourth-order valence-electron chi connectivity index (χ4n) is 2.53. The smallest absolute Gasteiger partial charge is 0.258 e.